The van der Waals surface area contributed by atoms with Gasteiger partial charge in [-0.1, -0.05) is 49.6 Å². The number of halogens is 1. The number of nitrogens with zero attached hydrogens (tertiary/aromatic N) is 2. The molecule has 0 aromatic heterocycles. The van der Waals surface area contributed by atoms with Crippen LogP contribution < -0.4 is 14.9 Å². The van der Waals surface area contributed by atoms with E-state index in [0.29, 0.717) is 12.1 Å². The first-order valence-electron chi connectivity index (χ1n) is 12.4. The normalized spacial score (nSPS) is 21.0. The molecular formula is C26H33FN4O4S. The number of carbonyl (C=O) groups excluding carboxylic acids is 2. The summed E-state index contributed by atoms with van der Waals surface area (Å²) in [6, 6.07) is 11.4. The molecule has 2 aliphatic rings. The first-order chi connectivity index (χ1) is 17.2. The average Bonchev–Trinajstić information content (AvgIpc) is 3.60. The molecule has 1 unspecified atom stereocenters. The van der Waals surface area contributed by atoms with Gasteiger partial charge >= 0.3 is 0 Å². The first kappa shape index (κ1) is 26.2. The Morgan fingerprint density at radius 2 is 1.81 bits per heavy atom. The maximum atomic E-state index is 14.3. The number of hydrogen-bond acceptors (Lipinski definition) is 4. The van der Waals surface area contributed by atoms with Crippen LogP contribution in [0.4, 0.5) is 10.1 Å². The Bertz CT molecular complexity index is 1220. The van der Waals surface area contributed by atoms with Crippen LogP contribution in [-0.4, -0.2) is 49.7 Å². The topological polar surface area (TPSA) is 98.6 Å². The zero-order valence-corrected chi connectivity index (χ0v) is 21.4. The fraction of sp³-hybridized carbons (Fsp3) is 0.462. The summed E-state index contributed by atoms with van der Waals surface area (Å²) in [6.07, 6.45) is 4.87. The summed E-state index contributed by atoms with van der Waals surface area (Å²) in [6.45, 7) is 3.42. The summed E-state index contributed by atoms with van der Waals surface area (Å²) < 4.78 is 42.9. The van der Waals surface area contributed by atoms with E-state index in [2.05, 4.69) is 10.0 Å². The predicted molar refractivity (Wildman–Crippen MR) is 136 cm³/mol. The van der Waals surface area contributed by atoms with Crippen molar-refractivity contribution in [2.24, 2.45) is 0 Å². The van der Waals surface area contributed by atoms with Gasteiger partial charge in [-0.25, -0.2) is 4.39 Å². The minimum Gasteiger partial charge on any atom is -0.351 e. The third-order valence-electron chi connectivity index (χ3n) is 6.81. The predicted octanol–water partition coefficient (Wildman–Crippen LogP) is 3.20. The van der Waals surface area contributed by atoms with E-state index in [1.165, 1.54) is 27.4 Å². The Hall–Kier alpha value is -2.82. The van der Waals surface area contributed by atoms with Gasteiger partial charge in [-0.15, -0.1) is 0 Å². The van der Waals surface area contributed by atoms with Crippen molar-refractivity contribution in [3.63, 3.8) is 0 Å². The second kappa shape index (κ2) is 11.1. The zero-order chi connectivity index (χ0) is 25.9. The summed E-state index contributed by atoms with van der Waals surface area (Å²) in [5.74, 6) is -1.61. The Morgan fingerprint density at radius 1 is 1.11 bits per heavy atom. The quantitative estimate of drug-likeness (QED) is 0.500. The highest BCUT2D eigenvalue weighted by molar-refractivity contribution is 7.87. The molecule has 0 spiro atoms. The van der Waals surface area contributed by atoms with Gasteiger partial charge in [-0.3, -0.25) is 14.5 Å². The third kappa shape index (κ3) is 6.11. The lowest BCUT2D eigenvalue weighted by Gasteiger charge is -2.34. The lowest BCUT2D eigenvalue weighted by atomic mass is 9.93. The second-order valence-electron chi connectivity index (χ2n) is 9.59. The van der Waals surface area contributed by atoms with Gasteiger partial charge in [-0.2, -0.15) is 17.4 Å². The van der Waals surface area contributed by atoms with Gasteiger partial charge in [0.2, 0.25) is 11.8 Å². The molecule has 1 saturated carbocycles. The minimum atomic E-state index is -3.84. The van der Waals surface area contributed by atoms with Gasteiger partial charge in [0.25, 0.3) is 10.2 Å². The van der Waals surface area contributed by atoms with E-state index in [1.54, 1.807) is 25.1 Å². The summed E-state index contributed by atoms with van der Waals surface area (Å²) >= 11 is 0. The van der Waals surface area contributed by atoms with E-state index in [4.69, 9.17) is 0 Å². The van der Waals surface area contributed by atoms with Crippen LogP contribution in [-0.2, 0) is 19.8 Å². The number of rotatable bonds is 9. The number of nitrogens with one attached hydrogen (secondary N) is 2. The lowest BCUT2D eigenvalue weighted by molar-refractivity contribution is -0.127. The average molecular weight is 517 g/mol. The lowest BCUT2D eigenvalue weighted by Crippen LogP contribution is -2.50. The van der Waals surface area contributed by atoms with Crippen molar-refractivity contribution in [1.82, 2.24) is 14.3 Å². The van der Waals surface area contributed by atoms with E-state index in [1.807, 2.05) is 19.1 Å². The Balaban J connectivity index is 1.70. The van der Waals surface area contributed by atoms with Crippen LogP contribution in [0.1, 0.15) is 56.2 Å². The molecule has 0 radical (unpaired) electrons. The molecule has 8 nitrogen and oxygen atoms in total. The molecular weight excluding hydrogens is 483 g/mol. The van der Waals surface area contributed by atoms with Gasteiger partial charge in [-0.05, 0) is 56.0 Å². The zero-order valence-electron chi connectivity index (χ0n) is 20.6. The number of carbonyl (C=O) groups is 2. The molecule has 2 aromatic carbocycles. The number of hydrogen-bond donors (Lipinski definition) is 2. The molecule has 2 N–H and O–H groups in total. The van der Waals surface area contributed by atoms with E-state index < -0.39 is 34.5 Å². The minimum absolute atomic E-state index is 0.00936. The van der Waals surface area contributed by atoms with E-state index >= 15 is 0 Å². The van der Waals surface area contributed by atoms with Crippen LogP contribution >= 0.6 is 0 Å². The van der Waals surface area contributed by atoms with E-state index in [-0.39, 0.29) is 23.7 Å². The van der Waals surface area contributed by atoms with Gasteiger partial charge in [0.15, 0.2) is 0 Å². The van der Waals surface area contributed by atoms with Gasteiger partial charge in [0.05, 0.1) is 6.54 Å². The Kier molecular flexibility index (Phi) is 8.07. The van der Waals surface area contributed by atoms with Crippen molar-refractivity contribution in [2.75, 3.05) is 18.0 Å². The number of anilines is 1. The van der Waals surface area contributed by atoms with Gasteiger partial charge < -0.3 is 5.32 Å². The molecule has 1 saturated heterocycles. The molecule has 2 fully saturated rings. The maximum Gasteiger partial charge on any atom is 0.280 e. The molecule has 0 bridgehead atoms. The SMILES string of the molecule is Cc1ccccc1[C@@H](C(=O)NC1CCCCC1)N(C(=O)CNS(=O)(=O)N1C[C@H]1C)c1cccc(F)c1. The summed E-state index contributed by atoms with van der Waals surface area (Å²) in [5.41, 5.74) is 1.55. The van der Waals surface area contributed by atoms with Crippen LogP contribution in [0.3, 0.4) is 0 Å². The van der Waals surface area contributed by atoms with Gasteiger partial charge in [0.1, 0.15) is 11.9 Å². The van der Waals surface area contributed by atoms with E-state index in [0.717, 1.165) is 37.7 Å². The Morgan fingerprint density at radius 3 is 2.44 bits per heavy atom. The highest BCUT2D eigenvalue weighted by atomic mass is 32.2. The second-order valence-corrected chi connectivity index (χ2v) is 11.3. The number of benzene rings is 2. The monoisotopic (exact) mass is 516 g/mol. The van der Waals surface area contributed by atoms with Crippen molar-refractivity contribution in [2.45, 2.75) is 64.1 Å². The van der Waals surface area contributed by atoms with Crippen LogP contribution in [0.25, 0.3) is 0 Å². The van der Waals surface area contributed by atoms with Crippen LogP contribution in [0.2, 0.25) is 0 Å². The van der Waals surface area contributed by atoms with Crippen LogP contribution in [0.15, 0.2) is 48.5 Å². The Labute approximate surface area is 212 Å². The molecule has 3 atom stereocenters. The van der Waals surface area contributed by atoms with Crippen molar-refractivity contribution in [1.29, 1.82) is 0 Å². The molecule has 2 amide bonds. The molecule has 2 aromatic rings. The van der Waals surface area contributed by atoms with Crippen molar-refractivity contribution >= 4 is 27.7 Å². The standard InChI is InChI=1S/C26H33FN4O4S/c1-18-9-6-7-14-23(18)25(26(33)29-21-11-4-3-5-12-21)31(22-13-8-10-20(27)15-22)24(32)16-28-36(34,35)30-17-19(30)2/h6-10,13-15,19,21,25,28H,3-5,11-12,16-17H2,1-2H3,(H,29,33)/t19-,25+,30?/m1/s1. The summed E-state index contributed by atoms with van der Waals surface area (Å²) in [7, 11) is -3.84. The van der Waals surface area contributed by atoms with Crippen molar-refractivity contribution in [3.8, 4) is 0 Å². The summed E-state index contributed by atoms with van der Waals surface area (Å²) in [4.78, 5) is 28.6. The van der Waals surface area contributed by atoms with Crippen LogP contribution in [0.5, 0.6) is 0 Å². The van der Waals surface area contributed by atoms with Gasteiger partial charge in [0, 0.05) is 24.3 Å². The number of amides is 2. The highest BCUT2D eigenvalue weighted by Crippen LogP contribution is 2.31. The first-order valence-corrected chi connectivity index (χ1v) is 13.8. The smallest absolute Gasteiger partial charge is 0.280 e. The molecule has 1 aliphatic heterocycles. The molecule has 36 heavy (non-hydrogen) atoms. The molecule has 194 valence electrons. The summed E-state index contributed by atoms with van der Waals surface area (Å²) in [5, 5.41) is 3.10. The molecule has 1 heterocycles. The molecule has 10 heteroatoms. The fourth-order valence-corrected chi connectivity index (χ4v) is 6.11. The maximum absolute atomic E-state index is 14.3. The fourth-order valence-electron chi connectivity index (χ4n) is 4.75. The van der Waals surface area contributed by atoms with Crippen LogP contribution in [0, 0.1) is 12.7 Å². The third-order valence-corrected chi connectivity index (χ3v) is 8.45. The number of aryl methyl sites for hydroxylation is 1. The van der Waals surface area contributed by atoms with E-state index in [9.17, 15) is 22.4 Å². The molecule has 1 aliphatic carbocycles. The molecule has 4 rings (SSSR count). The van der Waals surface area contributed by atoms with Crippen molar-refractivity contribution < 1.29 is 22.4 Å². The largest absolute Gasteiger partial charge is 0.351 e. The van der Waals surface area contributed by atoms with Crippen molar-refractivity contribution in [3.05, 3.63) is 65.5 Å². The highest BCUT2D eigenvalue weighted by Gasteiger charge is 2.41.